The third-order valence-corrected chi connectivity index (χ3v) is 3.23. The van der Waals surface area contributed by atoms with Crippen LogP contribution in [0, 0.1) is 40.7 Å². The molecule has 0 saturated carbocycles. The van der Waals surface area contributed by atoms with E-state index in [1.807, 2.05) is 0 Å². The van der Waals surface area contributed by atoms with Crippen LogP contribution in [-0.4, -0.2) is 0 Å². The van der Waals surface area contributed by atoms with Crippen LogP contribution in [0.3, 0.4) is 0 Å². The minimum atomic E-state index is -2.13. The Morgan fingerprint density at radius 1 is 0.600 bits per heavy atom. The van der Waals surface area contributed by atoms with Gasteiger partial charge in [-0.2, -0.15) is 0 Å². The fourth-order valence-electron chi connectivity index (χ4n) is 2.35. The molecule has 2 aromatic rings. The van der Waals surface area contributed by atoms with Gasteiger partial charge < -0.3 is 0 Å². The molecule has 0 bridgehead atoms. The molecule has 7 heteroatoms. The molecule has 0 unspecified atom stereocenters. The van der Waals surface area contributed by atoms with Gasteiger partial charge in [-0.1, -0.05) is 0 Å². The normalized spacial score (nSPS) is 12.6. The average molecular weight is 292 g/mol. The molecule has 0 fully saturated rings. The second-order valence-corrected chi connectivity index (χ2v) is 4.31. The summed E-state index contributed by atoms with van der Waals surface area (Å²) in [5.41, 5.74) is -2.64. The molecule has 104 valence electrons. The zero-order valence-electron chi connectivity index (χ0n) is 9.43. The van der Waals surface area contributed by atoms with Gasteiger partial charge in [0.25, 0.3) is 0 Å². The number of fused-ring (bicyclic) bond motifs is 3. The predicted molar refractivity (Wildman–Crippen MR) is 54.4 cm³/mol. The Bertz CT molecular complexity index is 765. The van der Waals surface area contributed by atoms with Crippen LogP contribution in [0.4, 0.5) is 30.7 Å². The van der Waals surface area contributed by atoms with Crippen LogP contribution in [0.25, 0.3) is 11.1 Å². The van der Waals surface area contributed by atoms with Crippen molar-refractivity contribution in [3.05, 3.63) is 57.9 Å². The van der Waals surface area contributed by atoms with Crippen LogP contribution in [0.2, 0.25) is 0 Å². The van der Waals surface area contributed by atoms with Gasteiger partial charge in [0.15, 0.2) is 40.7 Å². The first-order valence-corrected chi connectivity index (χ1v) is 5.36. The molecule has 2 aromatic carbocycles. The maximum absolute atomic E-state index is 13.7. The maximum atomic E-state index is 13.7. The van der Waals surface area contributed by atoms with E-state index >= 15 is 0 Å². The summed E-state index contributed by atoms with van der Waals surface area (Å²) in [6.07, 6.45) is -0.557. The van der Waals surface area contributed by atoms with Crippen molar-refractivity contribution in [1.29, 1.82) is 0 Å². The fraction of sp³-hybridized carbons (Fsp3) is 0.0769. The van der Waals surface area contributed by atoms with Crippen molar-refractivity contribution in [2.45, 2.75) is 6.42 Å². The van der Waals surface area contributed by atoms with Crippen molar-refractivity contribution in [2.75, 3.05) is 0 Å². The van der Waals surface area contributed by atoms with Gasteiger partial charge in [-0.15, -0.1) is 0 Å². The van der Waals surface area contributed by atoms with Crippen molar-refractivity contribution in [1.82, 2.24) is 0 Å². The molecule has 1 aliphatic carbocycles. The van der Waals surface area contributed by atoms with Crippen molar-refractivity contribution in [3.63, 3.8) is 0 Å². The Kier molecular flexibility index (Phi) is 2.57. The monoisotopic (exact) mass is 292 g/mol. The molecule has 1 aliphatic rings. The van der Waals surface area contributed by atoms with Crippen LogP contribution in [0.15, 0.2) is 6.07 Å². The maximum Gasteiger partial charge on any atom is 0.198 e. The standard InChI is InChI=1S/C13H3F7/c14-5-2-3-1-4-7(6(3)10(17)9(5)16)11(18)13(20)12(19)8(4)15/h2H,1H2. The number of rotatable bonds is 0. The summed E-state index contributed by atoms with van der Waals surface area (Å²) in [7, 11) is 0. The van der Waals surface area contributed by atoms with Gasteiger partial charge in [0.2, 0.25) is 0 Å². The topological polar surface area (TPSA) is 0 Å². The molecule has 3 rings (SSSR count). The fourth-order valence-corrected chi connectivity index (χ4v) is 2.35. The van der Waals surface area contributed by atoms with Crippen LogP contribution in [0.1, 0.15) is 11.1 Å². The quantitative estimate of drug-likeness (QED) is 0.330. The number of hydrogen-bond acceptors (Lipinski definition) is 0. The predicted octanol–water partition coefficient (Wildman–Crippen LogP) is 4.23. The van der Waals surface area contributed by atoms with E-state index in [2.05, 4.69) is 0 Å². The van der Waals surface area contributed by atoms with Crippen molar-refractivity contribution >= 4 is 0 Å². The van der Waals surface area contributed by atoms with Crippen LogP contribution >= 0.6 is 0 Å². The van der Waals surface area contributed by atoms with E-state index in [-0.39, 0.29) is 5.56 Å². The lowest BCUT2D eigenvalue weighted by Gasteiger charge is -2.07. The summed E-state index contributed by atoms with van der Waals surface area (Å²) in [6, 6.07) is 0.544. The van der Waals surface area contributed by atoms with Gasteiger partial charge in [0.05, 0.1) is 0 Å². The first-order valence-electron chi connectivity index (χ1n) is 5.36. The lowest BCUT2D eigenvalue weighted by molar-refractivity contribution is 0.407. The Morgan fingerprint density at radius 2 is 1.15 bits per heavy atom. The Balaban J connectivity index is 2.45. The molecular weight excluding hydrogens is 289 g/mol. The van der Waals surface area contributed by atoms with E-state index in [1.165, 1.54) is 0 Å². The Morgan fingerprint density at radius 3 is 1.80 bits per heavy atom. The molecule has 0 heterocycles. The van der Waals surface area contributed by atoms with Crippen LogP contribution in [0.5, 0.6) is 0 Å². The highest BCUT2D eigenvalue weighted by Gasteiger charge is 2.35. The van der Waals surface area contributed by atoms with Crippen LogP contribution in [-0.2, 0) is 6.42 Å². The summed E-state index contributed by atoms with van der Waals surface area (Å²) < 4.78 is 93.4. The highest BCUT2D eigenvalue weighted by Crippen LogP contribution is 2.43. The van der Waals surface area contributed by atoms with Crippen molar-refractivity contribution < 1.29 is 30.7 Å². The molecule has 20 heavy (non-hydrogen) atoms. The molecule has 0 radical (unpaired) electrons. The summed E-state index contributed by atoms with van der Waals surface area (Å²) >= 11 is 0. The highest BCUT2D eigenvalue weighted by atomic mass is 19.2. The molecule has 0 saturated heterocycles. The number of halogens is 7. The second-order valence-electron chi connectivity index (χ2n) is 4.31. The molecule has 0 amide bonds. The largest absolute Gasteiger partial charge is 0.204 e. The highest BCUT2D eigenvalue weighted by molar-refractivity contribution is 5.78. The summed E-state index contributed by atoms with van der Waals surface area (Å²) in [6.45, 7) is 0. The second kappa shape index (κ2) is 3.97. The number of benzene rings is 2. The minimum Gasteiger partial charge on any atom is -0.204 e. The van der Waals surface area contributed by atoms with Gasteiger partial charge >= 0.3 is 0 Å². The molecule has 0 nitrogen and oxygen atoms in total. The lowest BCUT2D eigenvalue weighted by atomic mass is 10.0. The minimum absolute atomic E-state index is 0.279. The van der Waals surface area contributed by atoms with Gasteiger partial charge in [-0.05, 0) is 11.6 Å². The molecule has 0 N–H and O–H groups in total. The summed E-state index contributed by atoms with van der Waals surface area (Å²) in [5, 5.41) is 0. The lowest BCUT2D eigenvalue weighted by Crippen LogP contribution is -2.02. The van der Waals surface area contributed by atoms with Gasteiger partial charge in [-0.25, -0.2) is 30.7 Å². The van der Waals surface area contributed by atoms with E-state index in [0.717, 1.165) is 0 Å². The Hall–Kier alpha value is -2.05. The average Bonchev–Trinajstić information content (AvgIpc) is 2.79. The number of hydrogen-bond donors (Lipinski definition) is 0. The smallest absolute Gasteiger partial charge is 0.198 e. The third-order valence-electron chi connectivity index (χ3n) is 3.23. The van der Waals surface area contributed by atoms with Gasteiger partial charge in [-0.3, -0.25) is 0 Å². The molecule has 0 spiro atoms. The SMILES string of the molecule is Fc1cc2c(c(F)c1F)-c1c(F)c(F)c(F)c(F)c1C2. The van der Waals surface area contributed by atoms with Crippen molar-refractivity contribution in [2.24, 2.45) is 0 Å². The molecule has 0 aliphatic heterocycles. The van der Waals surface area contributed by atoms with E-state index in [9.17, 15) is 30.7 Å². The molecule has 0 aromatic heterocycles. The Labute approximate surface area is 107 Å². The molecular formula is C13H3F7. The first kappa shape index (κ1) is 13.0. The van der Waals surface area contributed by atoms with Gasteiger partial charge in [0.1, 0.15) is 0 Å². The van der Waals surface area contributed by atoms with E-state index in [0.29, 0.717) is 6.07 Å². The first-order chi connectivity index (χ1) is 9.34. The summed E-state index contributed by atoms with van der Waals surface area (Å²) in [5.74, 6) is -12.9. The zero-order chi connectivity index (χ0) is 14.8. The molecule has 0 atom stereocenters. The summed E-state index contributed by atoms with van der Waals surface area (Å²) in [4.78, 5) is 0. The van der Waals surface area contributed by atoms with E-state index in [1.54, 1.807) is 0 Å². The van der Waals surface area contributed by atoms with E-state index < -0.39 is 63.8 Å². The van der Waals surface area contributed by atoms with Crippen molar-refractivity contribution in [3.8, 4) is 11.1 Å². The van der Waals surface area contributed by atoms with E-state index in [4.69, 9.17) is 0 Å². The van der Waals surface area contributed by atoms with Crippen LogP contribution < -0.4 is 0 Å². The zero-order valence-corrected chi connectivity index (χ0v) is 9.43. The third kappa shape index (κ3) is 1.43. The van der Waals surface area contributed by atoms with Gasteiger partial charge in [0, 0.05) is 23.1 Å².